The minimum absolute atomic E-state index is 0.0812. The predicted molar refractivity (Wildman–Crippen MR) is 90.8 cm³/mol. The molecule has 0 fully saturated rings. The van der Waals surface area contributed by atoms with E-state index in [2.05, 4.69) is 21.2 Å². The van der Waals surface area contributed by atoms with Gasteiger partial charge in [0.1, 0.15) is 0 Å². The third-order valence-electron chi connectivity index (χ3n) is 3.13. The van der Waals surface area contributed by atoms with E-state index < -0.39 is 4.92 Å². The number of nitro groups is 1. The van der Waals surface area contributed by atoms with Gasteiger partial charge in [0.2, 0.25) is 0 Å². The quantitative estimate of drug-likeness (QED) is 0.629. The number of nitrogens with one attached hydrogen (secondary N) is 1. The molecule has 0 heterocycles. The first kappa shape index (κ1) is 17.0. The van der Waals surface area contributed by atoms with Crippen LogP contribution in [-0.2, 0) is 4.79 Å². The highest BCUT2D eigenvalue weighted by Gasteiger charge is 2.16. The Bertz CT molecular complexity index is 762. The molecule has 1 amide bonds. The van der Waals surface area contributed by atoms with Crippen molar-refractivity contribution in [1.82, 2.24) is 0 Å². The van der Waals surface area contributed by atoms with Gasteiger partial charge in [-0.1, -0.05) is 22.0 Å². The van der Waals surface area contributed by atoms with Crippen molar-refractivity contribution in [2.24, 2.45) is 0 Å². The Balaban J connectivity index is 2.05. The largest absolute Gasteiger partial charge is 0.477 e. The summed E-state index contributed by atoms with van der Waals surface area (Å²) < 4.78 is 6.23. The molecule has 0 bridgehead atoms. The Hall–Kier alpha value is -2.41. The molecule has 0 atom stereocenters. The number of rotatable bonds is 5. The van der Waals surface area contributed by atoms with Crippen LogP contribution in [0.25, 0.3) is 0 Å². The number of halogens is 1. The summed E-state index contributed by atoms with van der Waals surface area (Å²) in [4.78, 5) is 22.4. The normalized spacial score (nSPS) is 10.2. The lowest BCUT2D eigenvalue weighted by Gasteiger charge is -2.10. The van der Waals surface area contributed by atoms with E-state index >= 15 is 0 Å². The molecule has 23 heavy (non-hydrogen) atoms. The standard InChI is InChI=1S/C16H15BrN2O4/c1-10-3-6-14(19(21)22)15(7-10)23-9-16(20)18-13-5-4-12(17)8-11(13)2/h3-8H,9H2,1-2H3,(H,18,20). The third kappa shape index (κ3) is 4.53. The number of carbonyl (C=O) groups excluding carboxylic acids is 1. The molecule has 7 heteroatoms. The van der Waals surface area contributed by atoms with Crippen molar-refractivity contribution >= 4 is 33.2 Å². The summed E-state index contributed by atoms with van der Waals surface area (Å²) in [7, 11) is 0. The minimum Gasteiger partial charge on any atom is -0.477 e. The summed E-state index contributed by atoms with van der Waals surface area (Å²) in [6.45, 7) is 3.36. The van der Waals surface area contributed by atoms with Crippen LogP contribution in [0.1, 0.15) is 11.1 Å². The highest BCUT2D eigenvalue weighted by molar-refractivity contribution is 9.10. The van der Waals surface area contributed by atoms with E-state index in [4.69, 9.17) is 4.74 Å². The summed E-state index contributed by atoms with van der Waals surface area (Å²) in [6, 6.07) is 9.98. The fraction of sp³-hybridized carbons (Fsp3) is 0.188. The van der Waals surface area contributed by atoms with Crippen molar-refractivity contribution in [2.45, 2.75) is 13.8 Å². The lowest BCUT2D eigenvalue weighted by Crippen LogP contribution is -2.21. The molecule has 2 aromatic carbocycles. The van der Waals surface area contributed by atoms with Crippen LogP contribution in [0.2, 0.25) is 0 Å². The zero-order valence-corrected chi connectivity index (χ0v) is 14.2. The van der Waals surface area contributed by atoms with Gasteiger partial charge in [-0.2, -0.15) is 0 Å². The molecular formula is C16H15BrN2O4. The maximum Gasteiger partial charge on any atom is 0.310 e. The van der Waals surface area contributed by atoms with Crippen LogP contribution in [0.3, 0.4) is 0 Å². The fourth-order valence-corrected chi connectivity index (χ4v) is 2.46. The summed E-state index contributed by atoms with van der Waals surface area (Å²) >= 11 is 3.35. The van der Waals surface area contributed by atoms with E-state index in [1.165, 1.54) is 12.1 Å². The van der Waals surface area contributed by atoms with Gasteiger partial charge in [0.15, 0.2) is 12.4 Å². The van der Waals surface area contributed by atoms with Gasteiger partial charge in [0.05, 0.1) is 4.92 Å². The summed E-state index contributed by atoms with van der Waals surface area (Å²) in [5, 5.41) is 13.7. The molecule has 0 spiro atoms. The molecule has 0 radical (unpaired) electrons. The van der Waals surface area contributed by atoms with Crippen molar-refractivity contribution in [1.29, 1.82) is 0 Å². The number of hydrogen-bond donors (Lipinski definition) is 1. The molecule has 0 saturated carbocycles. The smallest absolute Gasteiger partial charge is 0.310 e. The van der Waals surface area contributed by atoms with Crippen LogP contribution in [0.15, 0.2) is 40.9 Å². The molecule has 0 aromatic heterocycles. The minimum atomic E-state index is -0.536. The number of amides is 1. The number of aryl methyl sites for hydroxylation is 2. The maximum absolute atomic E-state index is 12.0. The summed E-state index contributed by atoms with van der Waals surface area (Å²) in [5.41, 5.74) is 2.22. The molecule has 1 N–H and O–H groups in total. The zero-order chi connectivity index (χ0) is 17.0. The van der Waals surface area contributed by atoms with Gasteiger partial charge in [0, 0.05) is 16.2 Å². The summed E-state index contributed by atoms with van der Waals surface area (Å²) in [6.07, 6.45) is 0. The van der Waals surface area contributed by atoms with E-state index in [-0.39, 0.29) is 24.0 Å². The van der Waals surface area contributed by atoms with Gasteiger partial charge in [-0.25, -0.2) is 0 Å². The van der Waals surface area contributed by atoms with E-state index in [9.17, 15) is 14.9 Å². The number of benzene rings is 2. The molecular weight excluding hydrogens is 364 g/mol. The molecule has 0 aliphatic heterocycles. The lowest BCUT2D eigenvalue weighted by atomic mass is 10.2. The molecule has 6 nitrogen and oxygen atoms in total. The van der Waals surface area contributed by atoms with Crippen molar-refractivity contribution in [3.05, 3.63) is 62.1 Å². The summed E-state index contributed by atoms with van der Waals surface area (Å²) in [5.74, 6) is -0.302. The van der Waals surface area contributed by atoms with Gasteiger partial charge in [0.25, 0.3) is 5.91 Å². The Morgan fingerprint density at radius 1 is 1.26 bits per heavy atom. The van der Waals surface area contributed by atoms with Gasteiger partial charge < -0.3 is 10.1 Å². The van der Waals surface area contributed by atoms with Crippen LogP contribution < -0.4 is 10.1 Å². The Labute approximate surface area is 141 Å². The van der Waals surface area contributed by atoms with Crippen molar-refractivity contribution in [3.8, 4) is 5.75 Å². The number of anilines is 1. The first-order valence-corrected chi connectivity index (χ1v) is 7.60. The van der Waals surface area contributed by atoms with Crippen LogP contribution in [-0.4, -0.2) is 17.4 Å². The lowest BCUT2D eigenvalue weighted by molar-refractivity contribution is -0.385. The molecule has 2 aromatic rings. The maximum atomic E-state index is 12.0. The third-order valence-corrected chi connectivity index (χ3v) is 3.63. The SMILES string of the molecule is Cc1ccc([N+](=O)[O-])c(OCC(=O)Nc2ccc(Br)cc2C)c1. The second-order valence-electron chi connectivity index (χ2n) is 5.02. The number of nitro benzene ring substituents is 1. The Morgan fingerprint density at radius 3 is 2.65 bits per heavy atom. The Kier molecular flexibility index (Phi) is 5.33. The first-order chi connectivity index (χ1) is 10.9. The van der Waals surface area contributed by atoms with Crippen LogP contribution in [0, 0.1) is 24.0 Å². The second kappa shape index (κ2) is 7.23. The first-order valence-electron chi connectivity index (χ1n) is 6.80. The van der Waals surface area contributed by atoms with Gasteiger partial charge in [-0.05, 0) is 49.2 Å². The van der Waals surface area contributed by atoms with Crippen molar-refractivity contribution in [2.75, 3.05) is 11.9 Å². The topological polar surface area (TPSA) is 81.5 Å². The monoisotopic (exact) mass is 378 g/mol. The molecule has 0 aliphatic rings. The van der Waals surface area contributed by atoms with Gasteiger partial charge in [-0.3, -0.25) is 14.9 Å². The molecule has 0 unspecified atom stereocenters. The molecule has 120 valence electrons. The van der Waals surface area contributed by atoms with Crippen LogP contribution in [0.4, 0.5) is 11.4 Å². The van der Waals surface area contributed by atoms with Crippen LogP contribution >= 0.6 is 15.9 Å². The highest BCUT2D eigenvalue weighted by atomic mass is 79.9. The van der Waals surface area contributed by atoms with Gasteiger partial charge in [-0.15, -0.1) is 0 Å². The van der Waals surface area contributed by atoms with E-state index in [0.717, 1.165) is 15.6 Å². The Morgan fingerprint density at radius 2 is 2.00 bits per heavy atom. The van der Waals surface area contributed by atoms with E-state index in [1.807, 2.05) is 19.1 Å². The predicted octanol–water partition coefficient (Wildman–Crippen LogP) is 3.99. The number of ether oxygens (including phenoxy) is 1. The average Bonchev–Trinajstić information content (AvgIpc) is 2.48. The van der Waals surface area contributed by atoms with Crippen molar-refractivity contribution in [3.63, 3.8) is 0 Å². The number of hydrogen-bond acceptors (Lipinski definition) is 4. The van der Waals surface area contributed by atoms with Crippen LogP contribution in [0.5, 0.6) is 5.75 Å². The van der Waals surface area contributed by atoms with E-state index in [1.54, 1.807) is 19.1 Å². The average molecular weight is 379 g/mol. The number of carbonyl (C=O) groups is 1. The van der Waals surface area contributed by atoms with E-state index in [0.29, 0.717) is 5.69 Å². The fourth-order valence-electron chi connectivity index (χ4n) is 1.98. The molecule has 0 saturated heterocycles. The molecule has 0 aliphatic carbocycles. The second-order valence-corrected chi connectivity index (χ2v) is 5.94. The molecule has 2 rings (SSSR count). The number of nitrogens with zero attached hydrogens (tertiary/aromatic N) is 1. The van der Waals surface area contributed by atoms with Gasteiger partial charge >= 0.3 is 5.69 Å². The zero-order valence-electron chi connectivity index (χ0n) is 12.6. The highest BCUT2D eigenvalue weighted by Crippen LogP contribution is 2.27. The van der Waals surface area contributed by atoms with Crippen molar-refractivity contribution < 1.29 is 14.5 Å².